The molecule has 1 aromatic carbocycles. The molecule has 1 aliphatic heterocycles. The van der Waals surface area contributed by atoms with Gasteiger partial charge in [0.05, 0.1) is 0 Å². The number of halogens is 1. The molecule has 0 spiro atoms. The van der Waals surface area contributed by atoms with E-state index in [2.05, 4.69) is 9.88 Å². The van der Waals surface area contributed by atoms with Gasteiger partial charge in [-0.1, -0.05) is 18.2 Å². The summed E-state index contributed by atoms with van der Waals surface area (Å²) in [6.45, 7) is 3.62. The first-order valence-electron chi connectivity index (χ1n) is 7.99. The van der Waals surface area contributed by atoms with Crippen molar-refractivity contribution in [2.75, 3.05) is 32.8 Å². The Morgan fingerprint density at radius 1 is 1.12 bits per heavy atom. The Bertz CT molecular complexity index is 673. The van der Waals surface area contributed by atoms with E-state index in [9.17, 15) is 9.18 Å². The van der Waals surface area contributed by atoms with Gasteiger partial charge in [-0.05, 0) is 23.8 Å². The predicted octanol–water partition coefficient (Wildman–Crippen LogP) is 1.94. The molecule has 0 aliphatic carbocycles. The molecule has 2 aromatic rings. The molecule has 1 amide bonds. The van der Waals surface area contributed by atoms with E-state index in [0.717, 1.165) is 19.6 Å². The number of carbonyl (C=O) groups is 1. The van der Waals surface area contributed by atoms with E-state index in [1.54, 1.807) is 23.2 Å². The monoisotopic (exact) mass is 329 g/mol. The lowest BCUT2D eigenvalue weighted by Crippen LogP contribution is -2.49. The van der Waals surface area contributed by atoms with Crippen molar-refractivity contribution in [3.8, 4) is 5.75 Å². The Hall–Kier alpha value is -2.47. The van der Waals surface area contributed by atoms with Crippen molar-refractivity contribution >= 4 is 5.91 Å². The summed E-state index contributed by atoms with van der Waals surface area (Å²) in [5, 5.41) is 0. The zero-order valence-electron chi connectivity index (χ0n) is 13.4. The molecule has 24 heavy (non-hydrogen) atoms. The largest absolute Gasteiger partial charge is 0.481 e. The van der Waals surface area contributed by atoms with E-state index in [0.29, 0.717) is 13.1 Å². The van der Waals surface area contributed by atoms with Crippen molar-refractivity contribution < 1.29 is 13.9 Å². The Morgan fingerprint density at radius 3 is 2.62 bits per heavy atom. The summed E-state index contributed by atoms with van der Waals surface area (Å²) < 4.78 is 18.8. The summed E-state index contributed by atoms with van der Waals surface area (Å²) in [5.74, 6) is -0.452. The highest BCUT2D eigenvalue weighted by Gasteiger charge is 2.21. The molecule has 0 radical (unpaired) electrons. The van der Waals surface area contributed by atoms with Gasteiger partial charge < -0.3 is 9.64 Å². The highest BCUT2D eigenvalue weighted by Crippen LogP contribution is 2.15. The molecular weight excluding hydrogens is 309 g/mol. The summed E-state index contributed by atoms with van der Waals surface area (Å²) >= 11 is 0. The lowest BCUT2D eigenvalue weighted by Gasteiger charge is -2.34. The number of hydrogen-bond acceptors (Lipinski definition) is 4. The number of rotatable bonds is 5. The summed E-state index contributed by atoms with van der Waals surface area (Å²) in [6, 6.07) is 10.1. The molecule has 1 aromatic heterocycles. The molecule has 0 saturated carbocycles. The van der Waals surface area contributed by atoms with Crippen molar-refractivity contribution in [1.82, 2.24) is 14.8 Å². The third-order valence-electron chi connectivity index (χ3n) is 4.04. The molecule has 6 heteroatoms. The third-order valence-corrected chi connectivity index (χ3v) is 4.04. The van der Waals surface area contributed by atoms with Crippen LogP contribution in [0, 0.1) is 5.82 Å². The number of piperazine rings is 1. The third kappa shape index (κ3) is 4.29. The van der Waals surface area contributed by atoms with Crippen LogP contribution in [0.3, 0.4) is 0 Å². The van der Waals surface area contributed by atoms with Crippen LogP contribution in [-0.4, -0.2) is 53.5 Å². The Balaban J connectivity index is 1.44. The second-order valence-corrected chi connectivity index (χ2v) is 5.74. The highest BCUT2D eigenvalue weighted by molar-refractivity contribution is 5.77. The Kier molecular flexibility index (Phi) is 5.38. The summed E-state index contributed by atoms with van der Waals surface area (Å²) in [5.41, 5.74) is 1.17. The predicted molar refractivity (Wildman–Crippen MR) is 88.0 cm³/mol. The van der Waals surface area contributed by atoms with Crippen LogP contribution in [0.4, 0.5) is 4.39 Å². The first-order valence-corrected chi connectivity index (χ1v) is 7.99. The average Bonchev–Trinajstić information content (AvgIpc) is 2.62. The number of hydrogen-bond donors (Lipinski definition) is 0. The first kappa shape index (κ1) is 16.4. The minimum atomic E-state index is -0.452. The normalized spacial score (nSPS) is 15.3. The first-order chi connectivity index (χ1) is 11.7. The van der Waals surface area contributed by atoms with E-state index >= 15 is 0 Å². The van der Waals surface area contributed by atoms with Crippen molar-refractivity contribution in [2.45, 2.75) is 6.54 Å². The molecule has 5 nitrogen and oxygen atoms in total. The van der Waals surface area contributed by atoms with Crippen LogP contribution in [0.1, 0.15) is 5.56 Å². The van der Waals surface area contributed by atoms with Gasteiger partial charge in [-0.25, -0.2) is 4.39 Å². The highest BCUT2D eigenvalue weighted by atomic mass is 19.1. The lowest BCUT2D eigenvalue weighted by atomic mass is 10.2. The van der Waals surface area contributed by atoms with Crippen LogP contribution in [-0.2, 0) is 11.3 Å². The van der Waals surface area contributed by atoms with Crippen LogP contribution in [0.2, 0.25) is 0 Å². The molecule has 0 unspecified atom stereocenters. The number of carbonyl (C=O) groups excluding carboxylic acids is 1. The molecule has 2 heterocycles. The maximum Gasteiger partial charge on any atom is 0.260 e. The zero-order valence-corrected chi connectivity index (χ0v) is 13.4. The fourth-order valence-corrected chi connectivity index (χ4v) is 2.70. The average molecular weight is 329 g/mol. The number of pyridine rings is 1. The SMILES string of the molecule is O=C(COc1ccccc1F)N1CCN(Cc2cccnc2)CC1. The fourth-order valence-electron chi connectivity index (χ4n) is 2.70. The fraction of sp³-hybridized carbons (Fsp3) is 0.333. The summed E-state index contributed by atoms with van der Waals surface area (Å²) in [6.07, 6.45) is 3.62. The van der Waals surface area contributed by atoms with E-state index in [-0.39, 0.29) is 18.3 Å². The topological polar surface area (TPSA) is 45.7 Å². The van der Waals surface area contributed by atoms with Gasteiger partial charge in [0.2, 0.25) is 0 Å². The molecule has 3 rings (SSSR count). The number of benzene rings is 1. The smallest absolute Gasteiger partial charge is 0.260 e. The second-order valence-electron chi connectivity index (χ2n) is 5.74. The van der Waals surface area contributed by atoms with Gasteiger partial charge in [0.15, 0.2) is 18.2 Å². The van der Waals surface area contributed by atoms with Crippen LogP contribution >= 0.6 is 0 Å². The molecule has 1 fully saturated rings. The number of nitrogens with zero attached hydrogens (tertiary/aromatic N) is 3. The number of amides is 1. The molecule has 1 saturated heterocycles. The van der Waals surface area contributed by atoms with Crippen LogP contribution in [0.25, 0.3) is 0 Å². The van der Waals surface area contributed by atoms with Crippen LogP contribution in [0.5, 0.6) is 5.75 Å². The van der Waals surface area contributed by atoms with Gasteiger partial charge >= 0.3 is 0 Å². The molecule has 1 aliphatic rings. The van der Waals surface area contributed by atoms with E-state index in [4.69, 9.17) is 4.74 Å². The molecule has 0 N–H and O–H groups in total. The van der Waals surface area contributed by atoms with Crippen molar-refractivity contribution in [3.63, 3.8) is 0 Å². The van der Waals surface area contributed by atoms with Crippen molar-refractivity contribution in [1.29, 1.82) is 0 Å². The summed E-state index contributed by atoms with van der Waals surface area (Å²) in [7, 11) is 0. The molecular formula is C18H20FN3O2. The van der Waals surface area contributed by atoms with Gasteiger partial charge in [-0.2, -0.15) is 0 Å². The van der Waals surface area contributed by atoms with Gasteiger partial charge in [0, 0.05) is 45.1 Å². The van der Waals surface area contributed by atoms with Crippen molar-refractivity contribution in [3.05, 3.63) is 60.2 Å². The van der Waals surface area contributed by atoms with Gasteiger partial charge in [-0.3, -0.25) is 14.7 Å². The van der Waals surface area contributed by atoms with Crippen LogP contribution in [0.15, 0.2) is 48.8 Å². The molecule has 0 bridgehead atoms. The lowest BCUT2D eigenvalue weighted by molar-refractivity contribution is -0.135. The number of aromatic nitrogens is 1. The zero-order chi connectivity index (χ0) is 16.8. The van der Waals surface area contributed by atoms with E-state index in [1.807, 2.05) is 18.3 Å². The second kappa shape index (κ2) is 7.88. The molecule has 0 atom stereocenters. The van der Waals surface area contributed by atoms with Crippen LogP contribution < -0.4 is 4.74 Å². The van der Waals surface area contributed by atoms with Gasteiger partial charge in [-0.15, -0.1) is 0 Å². The molecule has 126 valence electrons. The summed E-state index contributed by atoms with van der Waals surface area (Å²) in [4.78, 5) is 20.4. The minimum Gasteiger partial charge on any atom is -0.481 e. The van der Waals surface area contributed by atoms with Gasteiger partial charge in [0.25, 0.3) is 5.91 Å². The van der Waals surface area contributed by atoms with Crippen molar-refractivity contribution in [2.24, 2.45) is 0 Å². The maximum atomic E-state index is 13.5. The number of ether oxygens (including phenoxy) is 1. The Morgan fingerprint density at radius 2 is 1.92 bits per heavy atom. The van der Waals surface area contributed by atoms with E-state index < -0.39 is 5.82 Å². The maximum absolute atomic E-state index is 13.5. The number of para-hydroxylation sites is 1. The minimum absolute atomic E-state index is 0.112. The standard InChI is InChI=1S/C18H20FN3O2/c19-16-5-1-2-6-17(16)24-14-18(23)22-10-8-21(9-11-22)13-15-4-3-7-20-12-15/h1-7,12H,8-11,13-14H2. The van der Waals surface area contributed by atoms with Gasteiger partial charge in [0.1, 0.15) is 0 Å². The Labute approximate surface area is 140 Å². The van der Waals surface area contributed by atoms with E-state index in [1.165, 1.54) is 17.7 Å². The quantitative estimate of drug-likeness (QED) is 0.841.